The Morgan fingerprint density at radius 2 is 1.56 bits per heavy atom. The molecule has 2 unspecified atom stereocenters. The highest BCUT2D eigenvalue weighted by molar-refractivity contribution is 6.30. The zero-order valence-electron chi connectivity index (χ0n) is 15.7. The number of nitrogens with one attached hydrogen (secondary N) is 1. The normalized spacial score (nSPS) is 13.6. The molecule has 0 aliphatic rings. The highest BCUT2D eigenvalue weighted by atomic mass is 35.5. The van der Waals surface area contributed by atoms with Crippen LogP contribution in [-0.2, 0) is 4.79 Å². The molecule has 2 rings (SSSR count). The number of aliphatic hydroxyl groups excluding tert-OH is 2. The number of ether oxygens (including phenoxy) is 2. The van der Waals surface area contributed by atoms with E-state index in [1.807, 2.05) is 0 Å². The Morgan fingerprint density at radius 3 is 2.11 bits per heavy atom. The van der Waals surface area contributed by atoms with Crippen molar-refractivity contribution >= 4 is 17.5 Å². The van der Waals surface area contributed by atoms with Crippen molar-refractivity contribution in [1.29, 1.82) is 0 Å². The van der Waals surface area contributed by atoms with Gasteiger partial charge in [0.25, 0.3) is 5.91 Å². The average molecular weight is 394 g/mol. The third-order valence-corrected chi connectivity index (χ3v) is 4.54. The largest absolute Gasteiger partial charge is 0.493 e. The number of methoxy groups -OCH3 is 2. The van der Waals surface area contributed by atoms with Crippen LogP contribution in [0.25, 0.3) is 0 Å². The van der Waals surface area contributed by atoms with E-state index in [2.05, 4.69) is 5.32 Å². The fourth-order valence-electron chi connectivity index (χ4n) is 2.69. The van der Waals surface area contributed by atoms with Crippen molar-refractivity contribution < 1.29 is 24.5 Å². The van der Waals surface area contributed by atoms with Crippen molar-refractivity contribution in [1.82, 2.24) is 5.32 Å². The van der Waals surface area contributed by atoms with Crippen LogP contribution in [0.1, 0.15) is 37.2 Å². The molecule has 0 saturated heterocycles. The molecule has 0 aromatic heterocycles. The maximum atomic E-state index is 12.5. The van der Waals surface area contributed by atoms with Crippen LogP contribution in [0.5, 0.6) is 11.5 Å². The summed E-state index contributed by atoms with van der Waals surface area (Å²) in [5, 5.41) is 24.2. The highest BCUT2D eigenvalue weighted by Crippen LogP contribution is 2.33. The second-order valence-corrected chi connectivity index (χ2v) is 7.12. The van der Waals surface area contributed by atoms with Gasteiger partial charge in [-0.15, -0.1) is 0 Å². The predicted octanol–water partition coefficient (Wildman–Crippen LogP) is 3.02. The number of carbonyl (C=O) groups is 1. The van der Waals surface area contributed by atoms with Crippen molar-refractivity contribution in [2.75, 3.05) is 14.2 Å². The van der Waals surface area contributed by atoms with E-state index in [9.17, 15) is 15.0 Å². The molecule has 0 saturated carbocycles. The van der Waals surface area contributed by atoms with Gasteiger partial charge in [-0.05, 0) is 49.2 Å². The van der Waals surface area contributed by atoms with E-state index in [1.54, 1.807) is 56.3 Å². The minimum absolute atomic E-state index is 0.410. The van der Waals surface area contributed by atoms with Gasteiger partial charge in [-0.2, -0.15) is 0 Å². The monoisotopic (exact) mass is 393 g/mol. The molecule has 27 heavy (non-hydrogen) atoms. The molecule has 146 valence electrons. The summed E-state index contributed by atoms with van der Waals surface area (Å²) in [4.78, 5) is 12.5. The Balaban J connectivity index is 2.16. The van der Waals surface area contributed by atoms with Gasteiger partial charge >= 0.3 is 0 Å². The van der Waals surface area contributed by atoms with Gasteiger partial charge in [0, 0.05) is 5.02 Å². The van der Waals surface area contributed by atoms with Crippen molar-refractivity contribution in [3.8, 4) is 11.5 Å². The predicted molar refractivity (Wildman–Crippen MR) is 103 cm³/mol. The van der Waals surface area contributed by atoms with E-state index in [4.69, 9.17) is 21.1 Å². The van der Waals surface area contributed by atoms with Gasteiger partial charge in [-0.3, -0.25) is 4.79 Å². The molecule has 0 radical (unpaired) electrons. The molecule has 2 aromatic rings. The lowest BCUT2D eigenvalue weighted by atomic mass is 9.90. The summed E-state index contributed by atoms with van der Waals surface area (Å²) in [6.45, 7) is 3.34. The Bertz CT molecular complexity index is 791. The third kappa shape index (κ3) is 4.91. The number of rotatable bonds is 7. The topological polar surface area (TPSA) is 88.0 Å². The van der Waals surface area contributed by atoms with Crippen molar-refractivity contribution in [2.45, 2.75) is 31.6 Å². The van der Waals surface area contributed by atoms with Crippen molar-refractivity contribution in [3.05, 3.63) is 58.6 Å². The van der Waals surface area contributed by atoms with Gasteiger partial charge in [0.2, 0.25) is 0 Å². The number of carbonyl (C=O) groups excluding carboxylic acids is 1. The van der Waals surface area contributed by atoms with E-state index < -0.39 is 23.7 Å². The number of hydrogen-bond donors (Lipinski definition) is 3. The minimum atomic E-state index is -1.38. The fourth-order valence-corrected chi connectivity index (χ4v) is 2.82. The SMILES string of the molecule is COc1ccc(C(O)C(C)(C)NC(=O)C(O)c2ccc(Cl)cc2)cc1OC. The molecule has 6 nitrogen and oxygen atoms in total. The molecular formula is C20H24ClNO5. The quantitative estimate of drug-likeness (QED) is 0.673. The van der Waals surface area contributed by atoms with E-state index in [-0.39, 0.29) is 0 Å². The number of halogens is 1. The zero-order chi connectivity index (χ0) is 20.2. The van der Waals surface area contributed by atoms with E-state index in [1.165, 1.54) is 14.2 Å². The molecule has 0 spiro atoms. The molecule has 2 aromatic carbocycles. The first-order valence-corrected chi connectivity index (χ1v) is 8.73. The second kappa shape index (κ2) is 8.61. The number of benzene rings is 2. The zero-order valence-corrected chi connectivity index (χ0v) is 16.4. The number of amides is 1. The Labute approximate surface area is 163 Å². The third-order valence-electron chi connectivity index (χ3n) is 4.29. The molecule has 0 heterocycles. The van der Waals surface area contributed by atoms with Gasteiger partial charge in [0.05, 0.1) is 19.8 Å². The van der Waals surface area contributed by atoms with E-state index in [0.717, 1.165) is 0 Å². The Morgan fingerprint density at radius 1 is 1.00 bits per heavy atom. The van der Waals surface area contributed by atoms with Crippen LogP contribution >= 0.6 is 11.6 Å². The molecule has 0 fully saturated rings. The molecule has 2 atom stereocenters. The second-order valence-electron chi connectivity index (χ2n) is 6.68. The first-order valence-electron chi connectivity index (χ1n) is 8.35. The van der Waals surface area contributed by atoms with E-state index in [0.29, 0.717) is 27.6 Å². The average Bonchev–Trinajstić information content (AvgIpc) is 2.66. The fraction of sp³-hybridized carbons (Fsp3) is 0.350. The van der Waals surface area contributed by atoms with Crippen LogP contribution < -0.4 is 14.8 Å². The summed E-state index contributed by atoms with van der Waals surface area (Å²) in [5.41, 5.74) is -0.100. The van der Waals surface area contributed by atoms with E-state index >= 15 is 0 Å². The van der Waals surface area contributed by atoms with Crippen LogP contribution in [0.4, 0.5) is 0 Å². The summed E-state index contributed by atoms with van der Waals surface area (Å²) < 4.78 is 10.4. The van der Waals surface area contributed by atoms with Gasteiger partial charge in [-0.25, -0.2) is 0 Å². The molecule has 3 N–H and O–H groups in total. The summed E-state index contributed by atoms with van der Waals surface area (Å²) in [6, 6.07) is 11.4. The van der Waals surface area contributed by atoms with Gasteiger partial charge < -0.3 is 25.0 Å². The lowest BCUT2D eigenvalue weighted by Gasteiger charge is -2.33. The number of aliphatic hydroxyl groups is 2. The van der Waals surface area contributed by atoms with Crippen molar-refractivity contribution in [2.24, 2.45) is 0 Å². The lowest BCUT2D eigenvalue weighted by Crippen LogP contribution is -2.49. The molecular weight excluding hydrogens is 370 g/mol. The van der Waals surface area contributed by atoms with Crippen LogP contribution in [0, 0.1) is 0 Å². The standard InChI is InChI=1S/C20H24ClNO5/c1-20(2,18(24)13-7-10-15(26-3)16(11-13)27-4)22-19(25)17(23)12-5-8-14(21)9-6-12/h5-11,17-18,23-24H,1-4H3,(H,22,25). The Kier molecular flexibility index (Phi) is 6.70. The molecule has 0 aliphatic heterocycles. The first kappa shape index (κ1) is 21.0. The lowest BCUT2D eigenvalue weighted by molar-refractivity contribution is -0.132. The van der Waals surface area contributed by atoms with Crippen LogP contribution in [0.3, 0.4) is 0 Å². The van der Waals surface area contributed by atoms with Crippen LogP contribution in [-0.4, -0.2) is 35.9 Å². The first-order chi connectivity index (χ1) is 12.7. The van der Waals surface area contributed by atoms with Crippen molar-refractivity contribution in [3.63, 3.8) is 0 Å². The Hall–Kier alpha value is -2.28. The smallest absolute Gasteiger partial charge is 0.253 e. The summed E-state index contributed by atoms with van der Waals surface area (Å²) in [6.07, 6.45) is -2.42. The molecule has 7 heteroatoms. The number of hydrogen-bond acceptors (Lipinski definition) is 5. The molecule has 0 bridgehead atoms. The summed E-state index contributed by atoms with van der Waals surface area (Å²) in [5.74, 6) is 0.382. The van der Waals surface area contributed by atoms with Gasteiger partial charge in [0.1, 0.15) is 6.10 Å². The van der Waals surface area contributed by atoms with Crippen LogP contribution in [0.15, 0.2) is 42.5 Å². The molecule has 1 amide bonds. The molecule has 0 aliphatic carbocycles. The highest BCUT2D eigenvalue weighted by Gasteiger charge is 2.33. The minimum Gasteiger partial charge on any atom is -0.493 e. The van der Waals surface area contributed by atoms with Gasteiger partial charge in [0.15, 0.2) is 17.6 Å². The summed E-state index contributed by atoms with van der Waals surface area (Å²) >= 11 is 5.82. The summed E-state index contributed by atoms with van der Waals surface area (Å²) in [7, 11) is 3.03. The van der Waals surface area contributed by atoms with Gasteiger partial charge in [-0.1, -0.05) is 29.8 Å². The van der Waals surface area contributed by atoms with Crippen LogP contribution in [0.2, 0.25) is 5.02 Å². The maximum absolute atomic E-state index is 12.5. The maximum Gasteiger partial charge on any atom is 0.253 e.